The molecule has 0 aliphatic heterocycles. The number of aliphatic hydroxyl groups excluding tert-OH is 1. The van der Waals surface area contributed by atoms with E-state index in [1.165, 1.54) is 321 Å². The molecule has 83 heavy (non-hydrogen) atoms. The van der Waals surface area contributed by atoms with Gasteiger partial charge in [-0.3, -0.25) is 13.8 Å². The third-order valence-electron chi connectivity index (χ3n) is 17.1. The van der Waals surface area contributed by atoms with E-state index in [2.05, 4.69) is 43.5 Å². The number of nitrogens with zero attached hydrogens (tertiary/aromatic N) is 1. The minimum Gasteiger partial charge on any atom is -0.387 e. The van der Waals surface area contributed by atoms with Crippen LogP contribution in [0.1, 0.15) is 380 Å². The fourth-order valence-corrected chi connectivity index (χ4v) is 12.1. The Morgan fingerprint density at radius 3 is 0.964 bits per heavy atom. The zero-order valence-electron chi connectivity index (χ0n) is 56.5. The van der Waals surface area contributed by atoms with Crippen LogP contribution in [0.3, 0.4) is 0 Å². The lowest BCUT2D eigenvalue weighted by Crippen LogP contribution is -2.45. The van der Waals surface area contributed by atoms with Crippen molar-refractivity contribution in [2.24, 2.45) is 0 Å². The Labute approximate surface area is 518 Å². The maximum absolute atomic E-state index is 13.0. The summed E-state index contributed by atoms with van der Waals surface area (Å²) in [7, 11) is 1.57. The van der Waals surface area contributed by atoms with Gasteiger partial charge in [0.05, 0.1) is 39.9 Å². The number of phosphoric acid groups is 1. The van der Waals surface area contributed by atoms with Gasteiger partial charge in [0.15, 0.2) is 0 Å². The molecule has 492 valence electrons. The molecule has 0 radical (unpaired) electrons. The predicted molar refractivity (Wildman–Crippen MR) is 365 cm³/mol. The van der Waals surface area contributed by atoms with Crippen molar-refractivity contribution in [1.82, 2.24) is 5.32 Å². The normalized spacial score (nSPS) is 13.8. The first-order chi connectivity index (χ1) is 40.5. The quantitative estimate of drug-likeness (QED) is 0.0243. The highest BCUT2D eigenvalue weighted by molar-refractivity contribution is 7.47. The minimum absolute atomic E-state index is 0.0584. The molecule has 9 heteroatoms. The van der Waals surface area contributed by atoms with Crippen LogP contribution >= 0.6 is 7.82 Å². The summed E-state index contributed by atoms with van der Waals surface area (Å²) in [6, 6.07) is -0.863. The van der Waals surface area contributed by atoms with Crippen LogP contribution in [0.4, 0.5) is 0 Å². The number of likely N-dealkylation sites (N-methyl/N-ethyl adjacent to an activating group) is 1. The molecule has 0 fully saturated rings. The third-order valence-corrected chi connectivity index (χ3v) is 18.1. The molecule has 0 heterocycles. The van der Waals surface area contributed by atoms with Gasteiger partial charge in [0, 0.05) is 6.42 Å². The number of hydrogen-bond acceptors (Lipinski definition) is 5. The molecule has 3 N–H and O–H groups in total. The van der Waals surface area contributed by atoms with Gasteiger partial charge in [0.25, 0.3) is 0 Å². The Hall–Kier alpha value is -1.28. The molecule has 8 nitrogen and oxygen atoms in total. The van der Waals surface area contributed by atoms with Crippen LogP contribution in [-0.4, -0.2) is 73.4 Å². The lowest BCUT2D eigenvalue weighted by Gasteiger charge is -2.25. The van der Waals surface area contributed by atoms with Crippen molar-refractivity contribution in [2.75, 3.05) is 40.9 Å². The van der Waals surface area contributed by atoms with Gasteiger partial charge >= 0.3 is 7.82 Å². The molecule has 0 spiro atoms. The fraction of sp³-hybridized carbons (Fsp3) is 0.905. The van der Waals surface area contributed by atoms with E-state index in [9.17, 15) is 19.4 Å². The van der Waals surface area contributed by atoms with E-state index in [0.29, 0.717) is 17.4 Å². The molecule has 3 atom stereocenters. The van der Waals surface area contributed by atoms with Crippen molar-refractivity contribution in [3.63, 3.8) is 0 Å². The van der Waals surface area contributed by atoms with E-state index in [0.717, 1.165) is 38.5 Å². The first kappa shape index (κ1) is 81.7. The standard InChI is InChI=1S/C74H145N2O6P/c1-6-8-10-12-14-16-18-20-22-24-26-28-30-31-32-33-34-35-36-37-38-39-40-41-42-43-44-45-46-48-50-52-54-56-58-60-62-64-66-68-74(78)75-72(71-82-83(79,80)81-70-69-76(3,4)5)73(77)67-65-63-61-59-57-55-53-51-49-47-29-27-25-23-21-19-17-15-13-11-9-7-2/h24,26,57,59,65,67,72-73,77H,6-23,25,27-56,58,60-64,66,68-71H2,1-5H3,(H-,75,78,79,80)/p+1/b26-24-,59-57+,67-65+. The number of quaternary nitrogens is 1. The molecule has 0 aliphatic carbocycles. The Kier molecular flexibility index (Phi) is 64.2. The van der Waals surface area contributed by atoms with Crippen LogP contribution in [0.25, 0.3) is 0 Å². The Balaban J connectivity index is 3.94. The van der Waals surface area contributed by atoms with Crippen molar-refractivity contribution in [2.45, 2.75) is 392 Å². The van der Waals surface area contributed by atoms with Gasteiger partial charge in [-0.1, -0.05) is 352 Å². The summed E-state index contributed by atoms with van der Waals surface area (Å²) in [5.74, 6) is -0.178. The first-order valence-corrected chi connectivity index (χ1v) is 38.4. The maximum Gasteiger partial charge on any atom is 0.472 e. The van der Waals surface area contributed by atoms with Gasteiger partial charge in [0.1, 0.15) is 13.2 Å². The first-order valence-electron chi connectivity index (χ1n) is 36.9. The molecular weight excluding hydrogens is 1040 g/mol. The number of allylic oxidation sites excluding steroid dienone is 5. The van der Waals surface area contributed by atoms with Crippen LogP contribution in [0, 0.1) is 0 Å². The van der Waals surface area contributed by atoms with Gasteiger partial charge in [-0.25, -0.2) is 4.57 Å². The molecule has 1 amide bonds. The maximum atomic E-state index is 13.0. The number of nitrogens with one attached hydrogen (secondary N) is 1. The summed E-state index contributed by atoms with van der Waals surface area (Å²) in [6.07, 6.45) is 87.6. The molecule has 3 unspecified atom stereocenters. The van der Waals surface area contributed by atoms with Crippen molar-refractivity contribution in [3.05, 3.63) is 36.5 Å². The van der Waals surface area contributed by atoms with E-state index < -0.39 is 20.0 Å². The summed E-state index contributed by atoms with van der Waals surface area (Å²) < 4.78 is 23.8. The Morgan fingerprint density at radius 2 is 0.663 bits per heavy atom. The van der Waals surface area contributed by atoms with Crippen LogP contribution in [0.5, 0.6) is 0 Å². The molecule has 0 aliphatic rings. The molecular formula is C74H146N2O6P+. The number of amides is 1. The minimum atomic E-state index is -4.36. The summed E-state index contributed by atoms with van der Waals surface area (Å²) >= 11 is 0. The smallest absolute Gasteiger partial charge is 0.387 e. The van der Waals surface area contributed by atoms with Gasteiger partial charge in [-0.2, -0.15) is 0 Å². The third kappa shape index (κ3) is 68.1. The van der Waals surface area contributed by atoms with E-state index >= 15 is 0 Å². The van der Waals surface area contributed by atoms with Crippen LogP contribution in [0.2, 0.25) is 0 Å². The number of unbranched alkanes of at least 4 members (excludes halogenated alkanes) is 52. The largest absolute Gasteiger partial charge is 0.472 e. The van der Waals surface area contributed by atoms with Crippen LogP contribution in [0.15, 0.2) is 36.5 Å². The second kappa shape index (κ2) is 65.2. The second-order valence-corrected chi connectivity index (χ2v) is 28.1. The average molecular weight is 1190 g/mol. The lowest BCUT2D eigenvalue weighted by atomic mass is 10.0. The fourth-order valence-electron chi connectivity index (χ4n) is 11.4. The van der Waals surface area contributed by atoms with E-state index in [4.69, 9.17) is 9.05 Å². The van der Waals surface area contributed by atoms with Crippen LogP contribution in [-0.2, 0) is 18.4 Å². The van der Waals surface area contributed by atoms with Gasteiger partial charge in [-0.05, 0) is 57.8 Å². The molecule has 0 bridgehead atoms. The van der Waals surface area contributed by atoms with Gasteiger partial charge < -0.3 is 19.8 Å². The molecule has 0 saturated heterocycles. The van der Waals surface area contributed by atoms with E-state index in [-0.39, 0.29) is 19.1 Å². The average Bonchev–Trinajstić information content (AvgIpc) is 3.50. The monoisotopic (exact) mass is 1190 g/mol. The SMILES string of the molecule is CCCCCCCCCC/C=C\CCCCCCCCCCCCCCCCCCCCCCCCCCCCCC(=O)NC(COP(=O)(O)OCC[N+](C)(C)C)C(O)/C=C/CC/C=C/CCCCCCCCCCCCCCCCCC. The zero-order chi connectivity index (χ0) is 60.5. The second-order valence-electron chi connectivity index (χ2n) is 26.7. The topological polar surface area (TPSA) is 105 Å². The predicted octanol–water partition coefficient (Wildman–Crippen LogP) is 23.6. The van der Waals surface area contributed by atoms with Crippen molar-refractivity contribution >= 4 is 13.7 Å². The molecule has 0 aromatic heterocycles. The molecule has 0 saturated carbocycles. The van der Waals surface area contributed by atoms with Crippen molar-refractivity contribution in [1.29, 1.82) is 0 Å². The Bertz CT molecular complexity index is 1450. The van der Waals surface area contributed by atoms with Crippen LogP contribution < -0.4 is 5.32 Å². The van der Waals surface area contributed by atoms with Crippen molar-refractivity contribution < 1.29 is 32.9 Å². The summed E-state index contributed by atoms with van der Waals surface area (Å²) in [5, 5.41) is 14.0. The molecule has 0 rings (SSSR count). The number of carbonyl (C=O) groups is 1. The lowest BCUT2D eigenvalue weighted by molar-refractivity contribution is -0.870. The number of rotatable bonds is 69. The highest BCUT2D eigenvalue weighted by atomic mass is 31.2. The molecule has 0 aromatic rings. The number of hydrogen-bond donors (Lipinski definition) is 3. The highest BCUT2D eigenvalue weighted by Crippen LogP contribution is 2.43. The highest BCUT2D eigenvalue weighted by Gasteiger charge is 2.28. The van der Waals surface area contributed by atoms with Crippen molar-refractivity contribution in [3.8, 4) is 0 Å². The summed E-state index contributed by atoms with van der Waals surface area (Å²) in [6.45, 7) is 4.85. The van der Waals surface area contributed by atoms with Gasteiger partial charge in [-0.15, -0.1) is 0 Å². The van der Waals surface area contributed by atoms with Gasteiger partial charge in [0.2, 0.25) is 5.91 Å². The molecule has 0 aromatic carbocycles. The number of aliphatic hydroxyl groups is 1. The van der Waals surface area contributed by atoms with E-state index in [1.54, 1.807) is 6.08 Å². The Morgan fingerprint density at radius 1 is 0.398 bits per heavy atom. The zero-order valence-corrected chi connectivity index (χ0v) is 57.4. The number of carbonyl (C=O) groups excluding carboxylic acids is 1. The number of phosphoric ester groups is 1. The summed E-state index contributed by atoms with van der Waals surface area (Å²) in [5.41, 5.74) is 0. The van der Waals surface area contributed by atoms with E-state index in [1.807, 2.05) is 27.2 Å². The summed E-state index contributed by atoms with van der Waals surface area (Å²) in [4.78, 5) is 23.4.